The van der Waals surface area contributed by atoms with E-state index in [9.17, 15) is 14.7 Å². The molecule has 132 valence electrons. The van der Waals surface area contributed by atoms with Crippen molar-refractivity contribution < 1.29 is 19.4 Å². The van der Waals surface area contributed by atoms with Gasteiger partial charge >= 0.3 is 5.97 Å². The third-order valence-electron chi connectivity index (χ3n) is 4.78. The molecular weight excluding hydrogens is 320 g/mol. The number of pyridine rings is 1. The molecule has 25 heavy (non-hydrogen) atoms. The minimum atomic E-state index is -0.770. The molecule has 1 aliphatic heterocycles. The maximum atomic E-state index is 13.1. The summed E-state index contributed by atoms with van der Waals surface area (Å²) in [6, 6.07) is 6.89. The monoisotopic (exact) mass is 342 g/mol. The Morgan fingerprint density at radius 2 is 2.08 bits per heavy atom. The quantitative estimate of drug-likeness (QED) is 0.844. The van der Waals surface area contributed by atoms with E-state index in [0.29, 0.717) is 24.2 Å². The minimum absolute atomic E-state index is 0.192. The van der Waals surface area contributed by atoms with Crippen molar-refractivity contribution in [2.45, 2.75) is 38.8 Å². The summed E-state index contributed by atoms with van der Waals surface area (Å²) >= 11 is 0. The number of amides is 1. The normalized spacial score (nSPS) is 20.6. The van der Waals surface area contributed by atoms with E-state index in [2.05, 4.69) is 4.98 Å². The molecule has 1 amide bonds. The zero-order valence-electron chi connectivity index (χ0n) is 14.7. The van der Waals surface area contributed by atoms with Crippen LogP contribution in [0, 0.1) is 13.8 Å². The summed E-state index contributed by atoms with van der Waals surface area (Å²) in [7, 11) is 1.29. The van der Waals surface area contributed by atoms with E-state index < -0.39 is 18.1 Å². The lowest BCUT2D eigenvalue weighted by Crippen LogP contribution is -2.51. The molecule has 6 nitrogen and oxygen atoms in total. The first-order valence-electron chi connectivity index (χ1n) is 8.36. The number of nitrogens with zero attached hydrogens (tertiary/aromatic N) is 2. The Bertz CT molecular complexity index is 834. The van der Waals surface area contributed by atoms with Crippen LogP contribution in [-0.4, -0.2) is 52.7 Å². The van der Waals surface area contributed by atoms with Gasteiger partial charge in [0.15, 0.2) is 0 Å². The van der Waals surface area contributed by atoms with Crippen molar-refractivity contribution in [2.75, 3.05) is 13.7 Å². The fourth-order valence-corrected chi connectivity index (χ4v) is 3.36. The average molecular weight is 342 g/mol. The topological polar surface area (TPSA) is 79.7 Å². The number of hydrogen-bond donors (Lipinski definition) is 1. The van der Waals surface area contributed by atoms with Gasteiger partial charge in [0.25, 0.3) is 5.91 Å². The molecule has 0 bridgehead atoms. The lowest BCUT2D eigenvalue weighted by Gasteiger charge is -2.36. The van der Waals surface area contributed by atoms with Gasteiger partial charge in [-0.15, -0.1) is 0 Å². The maximum absolute atomic E-state index is 13.1. The number of piperidine rings is 1. The van der Waals surface area contributed by atoms with Crippen LogP contribution in [-0.2, 0) is 9.53 Å². The second-order valence-electron chi connectivity index (χ2n) is 6.48. The summed E-state index contributed by atoms with van der Waals surface area (Å²) in [5.41, 5.74) is 3.02. The van der Waals surface area contributed by atoms with Gasteiger partial charge < -0.3 is 14.7 Å². The second kappa shape index (κ2) is 6.80. The van der Waals surface area contributed by atoms with Crippen LogP contribution in [0.5, 0.6) is 0 Å². The summed E-state index contributed by atoms with van der Waals surface area (Å²) in [5.74, 6) is -0.759. The van der Waals surface area contributed by atoms with E-state index >= 15 is 0 Å². The van der Waals surface area contributed by atoms with Gasteiger partial charge in [0.1, 0.15) is 6.04 Å². The van der Waals surface area contributed by atoms with Crippen molar-refractivity contribution in [3.8, 4) is 0 Å². The number of likely N-dealkylation sites (tertiary alicyclic amines) is 1. The molecule has 2 aromatic rings. The number of esters is 1. The Hall–Kier alpha value is -2.47. The number of para-hydroxylation sites is 1. The Kier molecular flexibility index (Phi) is 4.72. The first kappa shape index (κ1) is 17.4. The average Bonchev–Trinajstić information content (AvgIpc) is 2.60. The lowest BCUT2D eigenvalue weighted by molar-refractivity contribution is -0.148. The number of benzene rings is 1. The first-order chi connectivity index (χ1) is 11.9. The molecule has 1 N–H and O–H groups in total. The Morgan fingerprint density at radius 1 is 1.32 bits per heavy atom. The molecule has 0 saturated carbocycles. The van der Waals surface area contributed by atoms with Gasteiger partial charge in [-0.2, -0.15) is 0 Å². The van der Waals surface area contributed by atoms with Gasteiger partial charge in [-0.05, 0) is 31.9 Å². The molecule has 1 aliphatic rings. The number of hydrogen-bond acceptors (Lipinski definition) is 5. The van der Waals surface area contributed by atoms with Crippen molar-refractivity contribution in [3.63, 3.8) is 0 Å². The number of aromatic nitrogens is 1. The van der Waals surface area contributed by atoms with E-state index in [1.807, 2.05) is 31.2 Å². The van der Waals surface area contributed by atoms with E-state index in [1.54, 1.807) is 6.92 Å². The van der Waals surface area contributed by atoms with Gasteiger partial charge in [-0.3, -0.25) is 9.78 Å². The van der Waals surface area contributed by atoms with Gasteiger partial charge in [-0.1, -0.05) is 18.2 Å². The largest absolute Gasteiger partial charge is 0.467 e. The smallest absolute Gasteiger partial charge is 0.328 e. The number of aryl methyl sites for hydroxylation is 2. The van der Waals surface area contributed by atoms with Crippen molar-refractivity contribution in [1.82, 2.24) is 9.88 Å². The predicted molar refractivity (Wildman–Crippen MR) is 93.3 cm³/mol. The van der Waals surface area contributed by atoms with Crippen LogP contribution in [0.1, 0.15) is 34.5 Å². The highest BCUT2D eigenvalue weighted by molar-refractivity contribution is 6.00. The summed E-state index contributed by atoms with van der Waals surface area (Å²) in [6.07, 6.45) is 0.0299. The van der Waals surface area contributed by atoms with Gasteiger partial charge in [-0.25, -0.2) is 4.79 Å². The molecule has 3 rings (SSSR count). The lowest BCUT2D eigenvalue weighted by atomic mass is 9.97. The van der Waals surface area contributed by atoms with E-state index in [-0.39, 0.29) is 12.3 Å². The predicted octanol–water partition coefficient (Wildman–Crippen LogP) is 1.99. The molecule has 6 heteroatoms. The van der Waals surface area contributed by atoms with Crippen LogP contribution in [0.4, 0.5) is 0 Å². The summed E-state index contributed by atoms with van der Waals surface area (Å²) in [5, 5.41) is 10.8. The molecule has 0 aliphatic carbocycles. The Morgan fingerprint density at radius 3 is 2.80 bits per heavy atom. The minimum Gasteiger partial charge on any atom is -0.467 e. The van der Waals surface area contributed by atoms with Crippen LogP contribution in [0.3, 0.4) is 0 Å². The zero-order chi connectivity index (χ0) is 18.1. The number of carbonyl (C=O) groups excluding carboxylic acids is 2. The third kappa shape index (κ3) is 3.22. The van der Waals surface area contributed by atoms with Gasteiger partial charge in [0, 0.05) is 18.4 Å². The molecule has 2 atom stereocenters. The number of aliphatic hydroxyl groups is 1. The standard InChI is InChI=1S/C19H22N2O4/c1-11-5-4-6-13-9-15(12(2)20-17(11)13)18(23)21-8-7-14(22)10-16(21)19(24)25-3/h4-6,9,14,16,22H,7-8,10H2,1-3H3/t14-,16+/m0/s1. The van der Waals surface area contributed by atoms with E-state index in [1.165, 1.54) is 12.0 Å². The van der Waals surface area contributed by atoms with E-state index in [4.69, 9.17) is 4.74 Å². The molecule has 0 unspecified atom stereocenters. The molecule has 1 aromatic carbocycles. The fraction of sp³-hybridized carbons (Fsp3) is 0.421. The van der Waals surface area contributed by atoms with Crippen LogP contribution >= 0.6 is 0 Å². The Labute approximate surface area is 146 Å². The SMILES string of the molecule is COC(=O)[C@H]1C[C@@H](O)CCN1C(=O)c1cc2cccc(C)c2nc1C. The molecule has 2 heterocycles. The maximum Gasteiger partial charge on any atom is 0.328 e. The number of fused-ring (bicyclic) bond motifs is 1. The van der Waals surface area contributed by atoms with Crippen molar-refractivity contribution in [3.05, 3.63) is 41.1 Å². The number of aliphatic hydroxyl groups excluding tert-OH is 1. The van der Waals surface area contributed by atoms with Crippen molar-refractivity contribution in [2.24, 2.45) is 0 Å². The number of carbonyl (C=O) groups is 2. The first-order valence-corrected chi connectivity index (χ1v) is 8.36. The number of methoxy groups -OCH3 is 1. The summed E-state index contributed by atoms with van der Waals surface area (Å²) < 4.78 is 4.81. The molecule has 0 radical (unpaired) electrons. The highest BCUT2D eigenvalue weighted by Crippen LogP contribution is 2.25. The molecule has 1 aromatic heterocycles. The Balaban J connectivity index is 2.00. The zero-order valence-corrected chi connectivity index (χ0v) is 14.7. The van der Waals surface area contributed by atoms with Crippen LogP contribution < -0.4 is 0 Å². The van der Waals surface area contributed by atoms with Crippen molar-refractivity contribution in [1.29, 1.82) is 0 Å². The molecule has 1 fully saturated rings. The highest BCUT2D eigenvalue weighted by Gasteiger charge is 2.37. The summed E-state index contributed by atoms with van der Waals surface area (Å²) in [6.45, 7) is 4.09. The fourth-order valence-electron chi connectivity index (χ4n) is 3.36. The second-order valence-corrected chi connectivity index (χ2v) is 6.48. The van der Waals surface area contributed by atoms with Gasteiger partial charge in [0.05, 0.1) is 30.0 Å². The third-order valence-corrected chi connectivity index (χ3v) is 4.78. The van der Waals surface area contributed by atoms with Gasteiger partial charge in [0.2, 0.25) is 0 Å². The number of ether oxygens (including phenoxy) is 1. The molecule has 0 spiro atoms. The van der Waals surface area contributed by atoms with Crippen molar-refractivity contribution >= 4 is 22.8 Å². The van der Waals surface area contributed by atoms with E-state index in [0.717, 1.165) is 16.5 Å². The van der Waals surface area contributed by atoms with Crippen LogP contribution in [0.2, 0.25) is 0 Å². The highest BCUT2D eigenvalue weighted by atomic mass is 16.5. The van der Waals surface area contributed by atoms with Crippen LogP contribution in [0.15, 0.2) is 24.3 Å². The number of rotatable bonds is 2. The van der Waals surface area contributed by atoms with Crippen LogP contribution in [0.25, 0.3) is 10.9 Å². The molecular formula is C19H22N2O4. The summed E-state index contributed by atoms with van der Waals surface area (Å²) in [4.78, 5) is 31.2. The molecule has 1 saturated heterocycles.